The van der Waals surface area contributed by atoms with Crippen molar-refractivity contribution in [2.75, 3.05) is 7.11 Å². The summed E-state index contributed by atoms with van der Waals surface area (Å²) < 4.78 is 0. The maximum absolute atomic E-state index is 4.73. The van der Waals surface area contributed by atoms with E-state index in [0.29, 0.717) is 0 Å². The van der Waals surface area contributed by atoms with Crippen LogP contribution in [0.25, 0.3) is 0 Å². The fourth-order valence-corrected chi connectivity index (χ4v) is 1.01. The predicted molar refractivity (Wildman–Crippen MR) is 49.1 cm³/mol. The molecule has 0 amide bonds. The highest BCUT2D eigenvalue weighted by molar-refractivity contribution is 5.99. The maximum atomic E-state index is 4.73. The van der Waals surface area contributed by atoms with E-state index in [1.807, 2.05) is 24.3 Å². The molecule has 0 N–H and O–H groups in total. The third-order valence-electron chi connectivity index (χ3n) is 1.59. The Bertz CT molecular complexity index is 254. The lowest BCUT2D eigenvalue weighted by atomic mass is 10.1. The average molecular weight is 162 g/mol. The summed E-state index contributed by atoms with van der Waals surface area (Å²) in [6.45, 7) is 2.05. The van der Waals surface area contributed by atoms with Gasteiger partial charge in [-0.05, 0) is 18.1 Å². The lowest BCUT2D eigenvalue weighted by molar-refractivity contribution is 0.213. The first-order chi connectivity index (χ1) is 5.88. The van der Waals surface area contributed by atoms with Crippen molar-refractivity contribution in [3.8, 4) is 0 Å². The van der Waals surface area contributed by atoms with Gasteiger partial charge in [-0.1, -0.05) is 36.3 Å². The van der Waals surface area contributed by atoms with Crippen LogP contribution in [0.3, 0.4) is 0 Å². The number of hydrogen-bond donors (Lipinski definition) is 0. The van der Waals surface area contributed by atoms with Crippen LogP contribution < -0.4 is 0 Å². The van der Waals surface area contributed by atoms with Crippen molar-refractivity contribution in [2.24, 2.45) is 5.16 Å². The van der Waals surface area contributed by atoms with Gasteiger partial charge in [0.2, 0.25) is 0 Å². The van der Waals surface area contributed by atoms with Gasteiger partial charge in [0.25, 0.3) is 0 Å². The highest BCUT2D eigenvalue weighted by Crippen LogP contribution is 2.03. The second kappa shape index (κ2) is 4.54. The molecule has 0 fully saturated rings. The molecular weight excluding hydrogens is 150 g/mol. The lowest BCUT2D eigenvalue weighted by Gasteiger charge is -2.00. The fraction of sp³-hybridized carbons (Fsp3) is 0.300. The Hall–Kier alpha value is -1.31. The summed E-state index contributed by atoms with van der Waals surface area (Å²) in [6.07, 6.45) is 0.873. The lowest BCUT2D eigenvalue weighted by Crippen LogP contribution is -1.98. The van der Waals surface area contributed by atoms with Crippen LogP contribution in [0.5, 0.6) is 0 Å². The molecule has 0 unspecified atom stereocenters. The summed E-state index contributed by atoms with van der Waals surface area (Å²) in [5.74, 6) is 0. The zero-order valence-corrected chi connectivity index (χ0v) is 7.37. The van der Waals surface area contributed by atoms with Gasteiger partial charge in [0.1, 0.15) is 7.11 Å². The number of nitrogens with zero attached hydrogens (tertiary/aromatic N) is 1. The van der Waals surface area contributed by atoms with E-state index in [4.69, 9.17) is 4.84 Å². The van der Waals surface area contributed by atoms with Crippen LogP contribution in [0, 0.1) is 6.07 Å². The molecule has 0 aromatic heterocycles. The molecule has 1 rings (SSSR count). The summed E-state index contributed by atoms with van der Waals surface area (Å²) in [5, 5.41) is 3.92. The quantitative estimate of drug-likeness (QED) is 0.493. The molecule has 0 aliphatic carbocycles. The minimum absolute atomic E-state index is 0.873. The Morgan fingerprint density at radius 2 is 2.17 bits per heavy atom. The van der Waals surface area contributed by atoms with Gasteiger partial charge in [0.15, 0.2) is 0 Å². The summed E-state index contributed by atoms with van der Waals surface area (Å²) in [5.41, 5.74) is 2.06. The Morgan fingerprint density at radius 1 is 1.50 bits per heavy atom. The van der Waals surface area contributed by atoms with Crippen molar-refractivity contribution in [2.45, 2.75) is 13.3 Å². The molecule has 0 saturated carbocycles. The molecule has 2 heteroatoms. The van der Waals surface area contributed by atoms with Crippen molar-refractivity contribution in [1.29, 1.82) is 0 Å². The molecule has 0 heterocycles. The van der Waals surface area contributed by atoms with E-state index in [2.05, 4.69) is 18.1 Å². The van der Waals surface area contributed by atoms with Crippen molar-refractivity contribution >= 4 is 5.71 Å². The van der Waals surface area contributed by atoms with Crippen LogP contribution in [-0.4, -0.2) is 12.8 Å². The van der Waals surface area contributed by atoms with Gasteiger partial charge in [-0.15, -0.1) is 0 Å². The van der Waals surface area contributed by atoms with E-state index in [1.165, 1.54) is 0 Å². The van der Waals surface area contributed by atoms with Crippen molar-refractivity contribution in [3.05, 3.63) is 35.9 Å². The zero-order valence-electron chi connectivity index (χ0n) is 7.37. The molecule has 0 saturated heterocycles. The molecule has 0 aliphatic heterocycles. The minimum atomic E-state index is 0.873. The van der Waals surface area contributed by atoms with Crippen LogP contribution in [-0.2, 0) is 4.84 Å². The second-order valence-corrected chi connectivity index (χ2v) is 2.36. The van der Waals surface area contributed by atoms with Crippen LogP contribution >= 0.6 is 0 Å². The molecule has 1 radical (unpaired) electrons. The number of benzene rings is 1. The molecule has 12 heavy (non-hydrogen) atoms. The van der Waals surface area contributed by atoms with E-state index >= 15 is 0 Å². The van der Waals surface area contributed by atoms with Gasteiger partial charge in [-0.3, -0.25) is 0 Å². The number of hydrogen-bond acceptors (Lipinski definition) is 2. The normalized spacial score (nSPS) is 11.3. The highest BCUT2D eigenvalue weighted by Gasteiger charge is 1.98. The molecule has 0 aliphatic rings. The van der Waals surface area contributed by atoms with Gasteiger partial charge in [0, 0.05) is 0 Å². The summed E-state index contributed by atoms with van der Waals surface area (Å²) in [4.78, 5) is 4.73. The molecule has 2 nitrogen and oxygen atoms in total. The van der Waals surface area contributed by atoms with E-state index < -0.39 is 0 Å². The summed E-state index contributed by atoms with van der Waals surface area (Å²) >= 11 is 0. The average Bonchev–Trinajstić information content (AvgIpc) is 2.15. The van der Waals surface area contributed by atoms with Gasteiger partial charge in [-0.2, -0.15) is 0 Å². The molecule has 63 valence electrons. The van der Waals surface area contributed by atoms with Gasteiger partial charge in [0.05, 0.1) is 5.71 Å². The van der Waals surface area contributed by atoms with E-state index in [-0.39, 0.29) is 0 Å². The van der Waals surface area contributed by atoms with E-state index in [1.54, 1.807) is 7.11 Å². The van der Waals surface area contributed by atoms with Crippen molar-refractivity contribution < 1.29 is 4.84 Å². The van der Waals surface area contributed by atoms with Gasteiger partial charge >= 0.3 is 0 Å². The zero-order chi connectivity index (χ0) is 8.81. The van der Waals surface area contributed by atoms with E-state index in [9.17, 15) is 0 Å². The van der Waals surface area contributed by atoms with Crippen molar-refractivity contribution in [1.82, 2.24) is 0 Å². The molecule has 0 atom stereocenters. The molecule has 0 bridgehead atoms. The first-order valence-electron chi connectivity index (χ1n) is 3.95. The third kappa shape index (κ3) is 2.09. The molecule has 1 aromatic rings. The topological polar surface area (TPSA) is 21.6 Å². The predicted octanol–water partition coefficient (Wildman–Crippen LogP) is 2.25. The van der Waals surface area contributed by atoms with E-state index in [0.717, 1.165) is 17.7 Å². The van der Waals surface area contributed by atoms with Gasteiger partial charge < -0.3 is 4.84 Å². The molecule has 0 spiro atoms. The summed E-state index contributed by atoms with van der Waals surface area (Å²) in [7, 11) is 1.56. The highest BCUT2D eigenvalue weighted by atomic mass is 16.6. The SMILES string of the molecule is CC/C(=N\OC)c1cc[c]cc1. The van der Waals surface area contributed by atoms with Gasteiger partial charge in [-0.25, -0.2) is 0 Å². The third-order valence-corrected chi connectivity index (χ3v) is 1.59. The van der Waals surface area contributed by atoms with Crippen LogP contribution in [0.15, 0.2) is 29.4 Å². The Kier molecular flexibility index (Phi) is 3.33. The van der Waals surface area contributed by atoms with Crippen LogP contribution in [0.2, 0.25) is 0 Å². The second-order valence-electron chi connectivity index (χ2n) is 2.36. The standard InChI is InChI=1S/C10H12NO/c1-3-10(11-12-2)9-7-5-4-6-8-9/h5-8H,3H2,1-2H3/b11-10+. The maximum Gasteiger partial charge on any atom is 0.106 e. The van der Waals surface area contributed by atoms with Crippen molar-refractivity contribution in [3.63, 3.8) is 0 Å². The fourth-order valence-electron chi connectivity index (χ4n) is 1.01. The first kappa shape index (κ1) is 8.78. The first-order valence-corrected chi connectivity index (χ1v) is 3.95. The monoisotopic (exact) mass is 162 g/mol. The Morgan fingerprint density at radius 3 is 2.67 bits per heavy atom. The summed E-state index contributed by atoms with van der Waals surface area (Å²) in [6, 6.07) is 10.6. The van der Waals surface area contributed by atoms with Crippen LogP contribution in [0.1, 0.15) is 18.9 Å². The number of oxime groups is 1. The molecule has 1 aromatic carbocycles. The number of rotatable bonds is 3. The largest absolute Gasteiger partial charge is 0.399 e. The minimum Gasteiger partial charge on any atom is -0.399 e. The van der Waals surface area contributed by atoms with Crippen LogP contribution in [0.4, 0.5) is 0 Å². The smallest absolute Gasteiger partial charge is 0.106 e. The molecular formula is C10H12NO. The Labute approximate surface area is 72.9 Å². The Balaban J connectivity index is 2.88.